The number of benzene rings is 4. The molecule has 0 spiro atoms. The molecule has 0 aliphatic carbocycles. The maximum absolute atomic E-state index is 11.7. The Morgan fingerprint density at radius 3 is 1.32 bits per heavy atom. The topological polar surface area (TPSA) is 100 Å². The second-order valence-electron chi connectivity index (χ2n) is 8.36. The summed E-state index contributed by atoms with van der Waals surface area (Å²) in [5.74, 6) is 0.378. The van der Waals surface area contributed by atoms with Crippen LogP contribution in [0.1, 0.15) is 54.1 Å². The van der Waals surface area contributed by atoms with Crippen molar-refractivity contribution in [3.8, 4) is 12.1 Å². The van der Waals surface area contributed by atoms with E-state index in [1.165, 1.54) is 0 Å². The van der Waals surface area contributed by atoms with E-state index >= 15 is 0 Å². The number of nitriles is 2. The van der Waals surface area contributed by atoms with Crippen molar-refractivity contribution in [3.63, 3.8) is 0 Å². The molecule has 0 atom stereocenters. The van der Waals surface area contributed by atoms with Gasteiger partial charge in [-0.15, -0.1) is 0 Å². The predicted molar refractivity (Wildman–Crippen MR) is 142 cm³/mol. The summed E-state index contributed by atoms with van der Waals surface area (Å²) in [5, 5.41) is 17.7. The molecule has 0 unspecified atom stereocenters. The fourth-order valence-electron chi connectivity index (χ4n) is 4.08. The lowest BCUT2D eigenvalue weighted by molar-refractivity contribution is 0.0707. The molecule has 0 saturated heterocycles. The second-order valence-corrected chi connectivity index (χ2v) is 8.36. The molecular formula is C32H18N2O4. The Morgan fingerprint density at radius 1 is 0.526 bits per heavy atom. The number of nitrogens with zero attached hydrogens (tertiary/aromatic N) is 2. The number of carbonyl (C=O) groups excluding carboxylic acids is 2. The summed E-state index contributed by atoms with van der Waals surface area (Å²) in [7, 11) is 0. The van der Waals surface area contributed by atoms with Gasteiger partial charge in [0.1, 0.15) is 11.5 Å². The second kappa shape index (κ2) is 10.5. The number of esters is 2. The van der Waals surface area contributed by atoms with Gasteiger partial charge in [0.25, 0.3) is 0 Å². The first-order chi connectivity index (χ1) is 18.6. The van der Waals surface area contributed by atoms with E-state index in [0.717, 1.165) is 22.3 Å². The minimum Gasteiger partial charge on any atom is -0.422 e. The Bertz CT molecular complexity index is 1610. The monoisotopic (exact) mass is 494 g/mol. The average Bonchev–Trinajstić information content (AvgIpc) is 3.45. The molecule has 0 fully saturated rings. The van der Waals surface area contributed by atoms with Gasteiger partial charge in [0.2, 0.25) is 0 Å². The van der Waals surface area contributed by atoms with Crippen LogP contribution in [0.5, 0.6) is 0 Å². The molecule has 0 N–H and O–H groups in total. The maximum atomic E-state index is 11.7. The smallest absolute Gasteiger partial charge is 0.344 e. The van der Waals surface area contributed by atoms with E-state index in [4.69, 9.17) is 20.0 Å². The average molecular weight is 495 g/mol. The third kappa shape index (κ3) is 4.97. The summed E-state index contributed by atoms with van der Waals surface area (Å²) in [6, 6.07) is 33.0. The van der Waals surface area contributed by atoms with Gasteiger partial charge in [-0.05, 0) is 59.7 Å². The van der Waals surface area contributed by atoms with Gasteiger partial charge in [0.15, 0.2) is 0 Å². The van der Waals surface area contributed by atoms with Gasteiger partial charge in [0, 0.05) is 11.1 Å². The Kier molecular flexibility index (Phi) is 6.63. The van der Waals surface area contributed by atoms with Crippen molar-refractivity contribution in [1.29, 1.82) is 10.5 Å². The third-order valence-corrected chi connectivity index (χ3v) is 5.86. The number of fused-ring (bicyclic) bond motifs is 2. The van der Waals surface area contributed by atoms with Crippen molar-refractivity contribution >= 4 is 35.6 Å². The minimum absolute atomic E-state index is 0.335. The van der Waals surface area contributed by atoms with Crippen LogP contribution in [0.4, 0.5) is 0 Å². The first kappa shape index (κ1) is 24.0. The fourth-order valence-corrected chi connectivity index (χ4v) is 4.08. The van der Waals surface area contributed by atoms with Gasteiger partial charge in [0.05, 0.1) is 34.4 Å². The lowest BCUT2D eigenvalue weighted by Gasteiger charge is -1.99. The van der Waals surface area contributed by atoms with Crippen LogP contribution in [0.25, 0.3) is 23.7 Å². The molecule has 6 rings (SSSR count). The normalized spacial score (nSPS) is 14.9. The van der Waals surface area contributed by atoms with Crippen LogP contribution in [-0.4, -0.2) is 11.9 Å². The van der Waals surface area contributed by atoms with Crippen LogP contribution in [0.2, 0.25) is 0 Å². The molecule has 6 nitrogen and oxygen atoms in total. The quantitative estimate of drug-likeness (QED) is 0.297. The summed E-state index contributed by atoms with van der Waals surface area (Å²) in [4.78, 5) is 23.3. The summed E-state index contributed by atoms with van der Waals surface area (Å²) < 4.78 is 10.5. The molecule has 180 valence electrons. The van der Waals surface area contributed by atoms with Gasteiger partial charge >= 0.3 is 11.9 Å². The van der Waals surface area contributed by atoms with Crippen LogP contribution < -0.4 is 0 Å². The Balaban J connectivity index is 0.000000155. The van der Waals surface area contributed by atoms with Crippen molar-refractivity contribution in [1.82, 2.24) is 0 Å². The Morgan fingerprint density at radius 2 is 0.921 bits per heavy atom. The summed E-state index contributed by atoms with van der Waals surface area (Å²) >= 11 is 0. The lowest BCUT2D eigenvalue weighted by atomic mass is 10.1. The van der Waals surface area contributed by atoms with Gasteiger partial charge in [-0.25, -0.2) is 9.59 Å². The molecule has 0 saturated carbocycles. The van der Waals surface area contributed by atoms with Crippen molar-refractivity contribution in [2.45, 2.75) is 0 Å². The largest absolute Gasteiger partial charge is 0.422 e. The Labute approximate surface area is 218 Å². The molecule has 0 radical (unpaired) electrons. The van der Waals surface area contributed by atoms with E-state index in [1.807, 2.05) is 36.4 Å². The Hall–Kier alpha value is -5.72. The molecule has 2 aliphatic rings. The molecule has 2 aliphatic heterocycles. The number of hydrogen-bond acceptors (Lipinski definition) is 6. The molecule has 4 aromatic carbocycles. The zero-order chi connectivity index (χ0) is 26.5. The van der Waals surface area contributed by atoms with E-state index < -0.39 is 0 Å². The van der Waals surface area contributed by atoms with Crippen LogP contribution >= 0.6 is 0 Å². The predicted octanol–water partition coefficient (Wildman–Crippen LogP) is 6.45. The van der Waals surface area contributed by atoms with E-state index in [-0.39, 0.29) is 11.9 Å². The van der Waals surface area contributed by atoms with Crippen molar-refractivity contribution in [2.24, 2.45) is 0 Å². The maximum Gasteiger partial charge on any atom is 0.344 e. The fraction of sp³-hybridized carbons (Fsp3) is 0. The van der Waals surface area contributed by atoms with Crippen molar-refractivity contribution < 1.29 is 19.1 Å². The lowest BCUT2D eigenvalue weighted by Crippen LogP contribution is -1.92. The van der Waals surface area contributed by atoms with Crippen LogP contribution in [0, 0.1) is 22.7 Å². The SMILES string of the molecule is N#Cc1cccc(/C=C2/OC(=O)c3ccccc32)c1.N#Cc1cccc(/C=C2\OC(=O)c3ccccc32)c1. The molecule has 0 aromatic heterocycles. The number of carbonyl (C=O) groups is 2. The molecule has 0 bridgehead atoms. The molecule has 0 amide bonds. The zero-order valence-corrected chi connectivity index (χ0v) is 19.9. The van der Waals surface area contributed by atoms with Crippen LogP contribution in [-0.2, 0) is 9.47 Å². The van der Waals surface area contributed by atoms with Gasteiger partial charge in [-0.3, -0.25) is 0 Å². The highest BCUT2D eigenvalue weighted by molar-refractivity contribution is 6.06. The molecule has 4 aromatic rings. The van der Waals surface area contributed by atoms with Gasteiger partial charge in [-0.2, -0.15) is 10.5 Å². The van der Waals surface area contributed by atoms with Crippen molar-refractivity contribution in [2.75, 3.05) is 0 Å². The highest BCUT2D eigenvalue weighted by atomic mass is 16.5. The zero-order valence-electron chi connectivity index (χ0n) is 19.9. The molecule has 2 heterocycles. The van der Waals surface area contributed by atoms with Crippen molar-refractivity contribution in [3.05, 3.63) is 142 Å². The highest BCUT2D eigenvalue weighted by Gasteiger charge is 2.26. The number of rotatable bonds is 2. The molecule has 38 heavy (non-hydrogen) atoms. The standard InChI is InChI=1S/2C16H9NO2/c2*17-10-12-5-3-4-11(8-12)9-15-13-6-1-2-7-14(13)16(18)19-15/h2*1-9H/b15-9+;15-9-. The van der Waals surface area contributed by atoms with Crippen LogP contribution in [0.15, 0.2) is 97.1 Å². The summed E-state index contributed by atoms with van der Waals surface area (Å²) in [5.41, 5.74) is 5.54. The molecule has 6 heteroatoms. The van der Waals surface area contributed by atoms with Gasteiger partial charge < -0.3 is 9.47 Å². The van der Waals surface area contributed by atoms with E-state index in [0.29, 0.717) is 33.8 Å². The highest BCUT2D eigenvalue weighted by Crippen LogP contribution is 2.32. The van der Waals surface area contributed by atoms with Crippen LogP contribution in [0.3, 0.4) is 0 Å². The van der Waals surface area contributed by atoms with E-state index in [1.54, 1.807) is 72.8 Å². The number of hydrogen-bond donors (Lipinski definition) is 0. The first-order valence-corrected chi connectivity index (χ1v) is 11.6. The van der Waals surface area contributed by atoms with E-state index in [9.17, 15) is 9.59 Å². The number of ether oxygens (including phenoxy) is 2. The third-order valence-electron chi connectivity index (χ3n) is 5.86. The first-order valence-electron chi connectivity index (χ1n) is 11.6. The van der Waals surface area contributed by atoms with Gasteiger partial charge in [-0.1, -0.05) is 60.7 Å². The number of cyclic esters (lactones) is 2. The summed E-state index contributed by atoms with van der Waals surface area (Å²) in [6.07, 6.45) is 3.54. The molecular weight excluding hydrogens is 476 g/mol. The minimum atomic E-state index is -0.335. The summed E-state index contributed by atoms with van der Waals surface area (Å²) in [6.45, 7) is 0. The van der Waals surface area contributed by atoms with E-state index in [2.05, 4.69) is 12.1 Å².